The van der Waals surface area contributed by atoms with Crippen molar-refractivity contribution in [3.63, 3.8) is 0 Å². The van der Waals surface area contributed by atoms with Crippen LogP contribution in [0.5, 0.6) is 0 Å². The van der Waals surface area contributed by atoms with E-state index in [0.717, 1.165) is 12.1 Å². The normalized spacial score (nSPS) is 11.1. The Labute approximate surface area is 105 Å². The fraction of sp³-hybridized carbons (Fsp3) is 0. The van der Waals surface area contributed by atoms with Crippen molar-refractivity contribution in [2.24, 2.45) is 5.73 Å². The van der Waals surface area contributed by atoms with E-state index in [1.807, 2.05) is 10.3 Å². The minimum absolute atomic E-state index is 0.263. The van der Waals surface area contributed by atoms with Gasteiger partial charge in [0.1, 0.15) is 10.7 Å². The van der Waals surface area contributed by atoms with Crippen LogP contribution in [0.2, 0.25) is 0 Å². The number of rotatable bonds is 3. The fourth-order valence-electron chi connectivity index (χ4n) is 0.866. The number of hydrogen-bond donors (Lipinski definition) is 3. The summed E-state index contributed by atoms with van der Waals surface area (Å²) in [4.78, 5) is 1.34. The Morgan fingerprint density at radius 2 is 2.12 bits per heavy atom. The summed E-state index contributed by atoms with van der Waals surface area (Å²) in [5.41, 5.74) is 7.05. The summed E-state index contributed by atoms with van der Waals surface area (Å²) in [5.74, 6) is -0.883. The van der Waals surface area contributed by atoms with Crippen LogP contribution in [0.15, 0.2) is 27.6 Å². The van der Waals surface area contributed by atoms with Gasteiger partial charge in [-0.15, -0.1) is 4.83 Å². The molecular formula is C7H7BrFN3O2S2. The Morgan fingerprint density at radius 1 is 1.50 bits per heavy atom. The second-order valence-electron chi connectivity index (χ2n) is 2.67. The van der Waals surface area contributed by atoms with Crippen LogP contribution in [0.4, 0.5) is 4.39 Å². The molecule has 88 valence electrons. The van der Waals surface area contributed by atoms with Gasteiger partial charge in [-0.05, 0) is 30.4 Å². The lowest BCUT2D eigenvalue weighted by Gasteiger charge is -2.08. The maximum atomic E-state index is 13.3. The second-order valence-corrected chi connectivity index (χ2v) is 5.68. The lowest BCUT2D eigenvalue weighted by molar-refractivity contribution is 0.553. The molecule has 0 fully saturated rings. The molecule has 0 spiro atoms. The van der Waals surface area contributed by atoms with Crippen molar-refractivity contribution in [1.82, 2.24) is 10.3 Å². The van der Waals surface area contributed by atoms with E-state index in [1.54, 1.807) is 0 Å². The van der Waals surface area contributed by atoms with E-state index in [1.165, 1.54) is 6.07 Å². The molecule has 0 amide bonds. The Bertz CT molecular complexity index is 520. The van der Waals surface area contributed by atoms with Crippen LogP contribution in [0.25, 0.3) is 0 Å². The van der Waals surface area contributed by atoms with Gasteiger partial charge in [0.2, 0.25) is 0 Å². The van der Waals surface area contributed by atoms with E-state index in [-0.39, 0.29) is 5.11 Å². The molecule has 0 bridgehead atoms. The third kappa shape index (κ3) is 3.37. The number of hydrogen-bond acceptors (Lipinski definition) is 3. The highest BCUT2D eigenvalue weighted by Gasteiger charge is 2.18. The van der Waals surface area contributed by atoms with Crippen LogP contribution >= 0.6 is 28.1 Å². The third-order valence-corrected chi connectivity index (χ3v) is 3.37. The minimum Gasteiger partial charge on any atom is -0.375 e. The van der Waals surface area contributed by atoms with E-state index >= 15 is 0 Å². The summed E-state index contributed by atoms with van der Waals surface area (Å²) in [6.07, 6.45) is 0. The maximum Gasteiger partial charge on any atom is 0.260 e. The monoisotopic (exact) mass is 327 g/mol. The van der Waals surface area contributed by atoms with Crippen molar-refractivity contribution in [1.29, 1.82) is 0 Å². The molecule has 5 nitrogen and oxygen atoms in total. The van der Waals surface area contributed by atoms with E-state index in [4.69, 9.17) is 5.73 Å². The third-order valence-electron chi connectivity index (χ3n) is 1.49. The molecule has 0 aromatic heterocycles. The maximum absolute atomic E-state index is 13.3. The quantitative estimate of drug-likeness (QED) is 0.559. The van der Waals surface area contributed by atoms with Gasteiger partial charge < -0.3 is 5.73 Å². The number of hydrazine groups is 1. The Hall–Kier alpha value is -0.770. The molecule has 16 heavy (non-hydrogen) atoms. The minimum atomic E-state index is -4.03. The molecule has 0 aliphatic rings. The number of thiocarbonyl (C=S) groups is 1. The Morgan fingerprint density at radius 3 is 2.62 bits per heavy atom. The first kappa shape index (κ1) is 13.3. The van der Waals surface area contributed by atoms with Crippen LogP contribution < -0.4 is 16.0 Å². The number of sulfonamides is 1. The van der Waals surface area contributed by atoms with Crippen LogP contribution in [0.1, 0.15) is 0 Å². The molecule has 0 aliphatic heterocycles. The number of halogens is 2. The predicted molar refractivity (Wildman–Crippen MR) is 64.3 cm³/mol. The van der Waals surface area contributed by atoms with Crippen molar-refractivity contribution in [3.8, 4) is 0 Å². The molecule has 9 heteroatoms. The summed E-state index contributed by atoms with van der Waals surface area (Å²) >= 11 is 7.42. The summed E-state index contributed by atoms with van der Waals surface area (Å²) < 4.78 is 36.8. The van der Waals surface area contributed by atoms with Gasteiger partial charge in [-0.2, -0.15) is 0 Å². The van der Waals surface area contributed by atoms with Crippen LogP contribution in [0, 0.1) is 5.82 Å². The van der Waals surface area contributed by atoms with Crippen molar-refractivity contribution in [2.45, 2.75) is 4.90 Å². The molecule has 0 unspecified atom stereocenters. The van der Waals surface area contributed by atoms with Crippen molar-refractivity contribution >= 4 is 43.3 Å². The van der Waals surface area contributed by atoms with Gasteiger partial charge in [-0.25, -0.2) is 12.8 Å². The first-order chi connectivity index (χ1) is 7.33. The average Bonchev–Trinajstić information content (AvgIpc) is 2.14. The smallest absolute Gasteiger partial charge is 0.260 e. The number of nitrogens with one attached hydrogen (secondary N) is 2. The number of nitrogens with two attached hydrogens (primary N) is 1. The van der Waals surface area contributed by atoms with E-state index in [2.05, 4.69) is 28.1 Å². The molecule has 0 radical (unpaired) electrons. The summed E-state index contributed by atoms with van der Waals surface area (Å²) in [6, 6.07) is 3.55. The van der Waals surface area contributed by atoms with Crippen molar-refractivity contribution in [2.75, 3.05) is 0 Å². The molecule has 0 saturated carbocycles. The van der Waals surface area contributed by atoms with Crippen molar-refractivity contribution in [3.05, 3.63) is 28.5 Å². The largest absolute Gasteiger partial charge is 0.375 e. The second kappa shape index (κ2) is 5.04. The number of benzene rings is 1. The zero-order valence-corrected chi connectivity index (χ0v) is 10.9. The topological polar surface area (TPSA) is 84.2 Å². The van der Waals surface area contributed by atoms with Gasteiger partial charge in [0, 0.05) is 4.47 Å². The van der Waals surface area contributed by atoms with E-state index in [9.17, 15) is 12.8 Å². The summed E-state index contributed by atoms with van der Waals surface area (Å²) in [5, 5.41) is -0.263. The zero-order chi connectivity index (χ0) is 12.3. The lowest BCUT2D eigenvalue weighted by Crippen LogP contribution is -2.44. The molecule has 1 rings (SSSR count). The van der Waals surface area contributed by atoms with Crippen LogP contribution in [0.3, 0.4) is 0 Å². The molecule has 0 aliphatic carbocycles. The lowest BCUT2D eigenvalue weighted by atomic mass is 10.3. The zero-order valence-electron chi connectivity index (χ0n) is 7.70. The van der Waals surface area contributed by atoms with E-state index < -0.39 is 20.7 Å². The Balaban J connectivity index is 3.03. The SMILES string of the molecule is NC(=S)NNS(=O)(=O)c1ccc(Br)cc1F. The van der Waals surface area contributed by atoms with Gasteiger partial charge in [-0.3, -0.25) is 5.43 Å². The van der Waals surface area contributed by atoms with Gasteiger partial charge in [0.25, 0.3) is 10.0 Å². The summed E-state index contributed by atoms with van der Waals surface area (Å²) in [7, 11) is -4.03. The van der Waals surface area contributed by atoms with Gasteiger partial charge in [0.15, 0.2) is 5.11 Å². The highest BCUT2D eigenvalue weighted by atomic mass is 79.9. The van der Waals surface area contributed by atoms with Crippen LogP contribution in [-0.4, -0.2) is 13.5 Å². The van der Waals surface area contributed by atoms with Crippen molar-refractivity contribution < 1.29 is 12.8 Å². The highest BCUT2D eigenvalue weighted by molar-refractivity contribution is 9.10. The molecular weight excluding hydrogens is 321 g/mol. The van der Waals surface area contributed by atoms with Gasteiger partial charge >= 0.3 is 0 Å². The molecule has 0 heterocycles. The summed E-state index contributed by atoms with van der Waals surface area (Å²) in [6.45, 7) is 0. The first-order valence-electron chi connectivity index (χ1n) is 3.85. The van der Waals surface area contributed by atoms with Crippen LogP contribution in [-0.2, 0) is 10.0 Å². The van der Waals surface area contributed by atoms with Gasteiger partial charge in [-0.1, -0.05) is 15.9 Å². The Kier molecular flexibility index (Phi) is 4.19. The predicted octanol–water partition coefficient (Wildman–Crippen LogP) is 0.615. The molecule has 0 atom stereocenters. The average molecular weight is 328 g/mol. The molecule has 4 N–H and O–H groups in total. The molecule has 1 aromatic carbocycles. The highest BCUT2D eigenvalue weighted by Crippen LogP contribution is 2.18. The fourth-order valence-corrected chi connectivity index (χ4v) is 2.23. The molecule has 0 saturated heterocycles. The standard InChI is InChI=1S/C7H7BrFN3O2S2/c8-4-1-2-6(5(9)3-4)16(13,14)12-11-7(10)15/h1-3,12H,(H3,10,11,15). The first-order valence-corrected chi connectivity index (χ1v) is 6.53. The van der Waals surface area contributed by atoms with Gasteiger partial charge in [0.05, 0.1) is 0 Å². The molecule has 1 aromatic rings. The van der Waals surface area contributed by atoms with E-state index in [0.29, 0.717) is 4.47 Å².